The number of ether oxygens (including phenoxy) is 2. The zero-order valence-corrected chi connectivity index (χ0v) is 18.0. The fourth-order valence-corrected chi connectivity index (χ4v) is 3.25. The number of carbonyl (C=O) groups excluding carboxylic acids is 2. The minimum Gasteiger partial charge on any atom is -0.497 e. The largest absolute Gasteiger partial charge is 0.497 e. The highest BCUT2D eigenvalue weighted by Crippen LogP contribution is 2.33. The molecule has 176 valence electrons. The average Bonchev–Trinajstić information content (AvgIpc) is 3.40. The van der Waals surface area contributed by atoms with Crippen LogP contribution in [0, 0.1) is 0 Å². The van der Waals surface area contributed by atoms with Gasteiger partial charge in [-0.15, -0.1) is 0 Å². The van der Waals surface area contributed by atoms with E-state index in [0.29, 0.717) is 15.8 Å². The first-order chi connectivity index (χ1) is 16.1. The van der Waals surface area contributed by atoms with Crippen LogP contribution in [0.5, 0.6) is 5.75 Å². The lowest BCUT2D eigenvalue weighted by molar-refractivity contribution is -0.142. The monoisotopic (exact) mass is 474 g/mol. The third kappa shape index (κ3) is 4.14. The van der Waals surface area contributed by atoms with Gasteiger partial charge in [0.25, 0.3) is 5.91 Å². The van der Waals surface area contributed by atoms with Crippen molar-refractivity contribution >= 4 is 23.2 Å². The Morgan fingerprint density at radius 1 is 1.09 bits per heavy atom. The number of hydrogen-bond acceptors (Lipinski definition) is 7. The lowest BCUT2D eigenvalue weighted by Gasteiger charge is -2.11. The van der Waals surface area contributed by atoms with E-state index >= 15 is 0 Å². The van der Waals surface area contributed by atoms with Crippen molar-refractivity contribution in [2.75, 3.05) is 19.5 Å². The summed E-state index contributed by atoms with van der Waals surface area (Å²) in [6.07, 6.45) is -3.56. The van der Waals surface area contributed by atoms with E-state index in [9.17, 15) is 22.8 Å². The minimum absolute atomic E-state index is 0.0133. The number of rotatable bonds is 5. The quantitative estimate of drug-likeness (QED) is 0.442. The Morgan fingerprint density at radius 2 is 1.79 bits per heavy atom. The van der Waals surface area contributed by atoms with E-state index in [-0.39, 0.29) is 28.4 Å². The summed E-state index contributed by atoms with van der Waals surface area (Å²) in [5, 5.41) is 10.1. The molecular weight excluding hydrogens is 457 g/mol. The summed E-state index contributed by atoms with van der Waals surface area (Å²) in [4.78, 5) is 28.9. The van der Waals surface area contributed by atoms with Crippen LogP contribution in [0.15, 0.2) is 42.6 Å². The normalized spacial score (nSPS) is 11.5. The van der Waals surface area contributed by atoms with E-state index in [1.54, 1.807) is 24.3 Å². The molecule has 0 saturated heterocycles. The minimum atomic E-state index is -4.77. The number of carbonyl (C=O) groups is 2. The SMILES string of the molecule is COC(=O)c1c(NC(=O)c2cc3nc(-c4ccc(OC)cc4)cc(C(F)(F)F)n3n2)cnn1C. The second kappa shape index (κ2) is 8.50. The molecule has 0 radical (unpaired) electrons. The van der Waals surface area contributed by atoms with Gasteiger partial charge in [-0.05, 0) is 30.3 Å². The smallest absolute Gasteiger partial charge is 0.433 e. The zero-order valence-electron chi connectivity index (χ0n) is 18.0. The number of alkyl halides is 3. The number of methoxy groups -OCH3 is 2. The molecule has 10 nitrogen and oxygen atoms in total. The first-order valence-corrected chi connectivity index (χ1v) is 9.66. The van der Waals surface area contributed by atoms with Crippen molar-refractivity contribution in [1.82, 2.24) is 24.4 Å². The van der Waals surface area contributed by atoms with E-state index in [1.165, 1.54) is 25.0 Å². The van der Waals surface area contributed by atoms with Crippen LogP contribution in [0.4, 0.5) is 18.9 Å². The molecule has 3 heterocycles. The van der Waals surface area contributed by atoms with Gasteiger partial charge in [0.1, 0.15) is 5.75 Å². The maximum Gasteiger partial charge on any atom is 0.433 e. The van der Waals surface area contributed by atoms with Crippen molar-refractivity contribution < 1.29 is 32.2 Å². The molecule has 0 aliphatic carbocycles. The van der Waals surface area contributed by atoms with Crippen LogP contribution >= 0.6 is 0 Å². The summed E-state index contributed by atoms with van der Waals surface area (Å²) in [5.74, 6) is -1.08. The average molecular weight is 474 g/mol. The van der Waals surface area contributed by atoms with Gasteiger partial charge in [-0.3, -0.25) is 9.48 Å². The topological polar surface area (TPSA) is 113 Å². The summed E-state index contributed by atoms with van der Waals surface area (Å²) >= 11 is 0. The molecule has 3 aromatic heterocycles. The van der Waals surface area contributed by atoms with E-state index in [0.717, 1.165) is 19.2 Å². The summed E-state index contributed by atoms with van der Waals surface area (Å²) in [5.41, 5.74) is -1.22. The van der Waals surface area contributed by atoms with Gasteiger partial charge in [0.15, 0.2) is 22.7 Å². The number of anilines is 1. The number of benzene rings is 1. The highest BCUT2D eigenvalue weighted by molar-refractivity contribution is 6.06. The van der Waals surface area contributed by atoms with Crippen LogP contribution in [0.3, 0.4) is 0 Å². The number of nitrogens with zero attached hydrogens (tertiary/aromatic N) is 5. The van der Waals surface area contributed by atoms with Gasteiger partial charge in [0, 0.05) is 18.7 Å². The van der Waals surface area contributed by atoms with Gasteiger partial charge in [-0.25, -0.2) is 14.3 Å². The molecule has 4 rings (SSSR count). The number of amides is 1. The van der Waals surface area contributed by atoms with Crippen LogP contribution < -0.4 is 10.1 Å². The lowest BCUT2D eigenvalue weighted by atomic mass is 10.1. The molecule has 4 aromatic rings. The number of nitrogens with one attached hydrogen (secondary N) is 1. The third-order valence-corrected chi connectivity index (χ3v) is 4.90. The van der Waals surface area contributed by atoms with Gasteiger partial charge >= 0.3 is 12.1 Å². The Bertz CT molecular complexity index is 1390. The van der Waals surface area contributed by atoms with Crippen molar-refractivity contribution in [3.63, 3.8) is 0 Å². The summed E-state index contributed by atoms with van der Waals surface area (Å²) in [6.45, 7) is 0. The van der Waals surface area contributed by atoms with Crippen LogP contribution in [-0.4, -0.2) is 50.5 Å². The number of aromatic nitrogens is 5. The Hall–Kier alpha value is -4.42. The molecular formula is C21H17F3N6O4. The number of aryl methyl sites for hydroxylation is 1. The highest BCUT2D eigenvalue weighted by atomic mass is 19.4. The third-order valence-electron chi connectivity index (χ3n) is 4.90. The first-order valence-electron chi connectivity index (χ1n) is 9.66. The predicted octanol–water partition coefficient (Wildman–Crippen LogP) is 3.20. The summed E-state index contributed by atoms with van der Waals surface area (Å²) in [6, 6.07) is 8.29. The second-order valence-electron chi connectivity index (χ2n) is 7.03. The lowest BCUT2D eigenvalue weighted by Crippen LogP contribution is -2.17. The number of halogens is 3. The Morgan fingerprint density at radius 3 is 2.41 bits per heavy atom. The number of hydrogen-bond donors (Lipinski definition) is 1. The van der Waals surface area contributed by atoms with Crippen molar-refractivity contribution in [3.05, 3.63) is 59.7 Å². The molecule has 1 aromatic carbocycles. The number of esters is 1. The molecule has 0 spiro atoms. The summed E-state index contributed by atoms with van der Waals surface area (Å²) in [7, 11) is 4.10. The Labute approximate surface area is 189 Å². The van der Waals surface area contributed by atoms with Crippen LogP contribution in [0.25, 0.3) is 16.9 Å². The molecule has 0 aliphatic heterocycles. The van der Waals surface area contributed by atoms with E-state index in [1.807, 2.05) is 0 Å². The molecule has 0 bridgehead atoms. The van der Waals surface area contributed by atoms with Crippen molar-refractivity contribution in [1.29, 1.82) is 0 Å². The van der Waals surface area contributed by atoms with E-state index in [4.69, 9.17) is 4.74 Å². The fourth-order valence-electron chi connectivity index (χ4n) is 3.25. The molecule has 0 fully saturated rings. The second-order valence-corrected chi connectivity index (χ2v) is 7.03. The standard InChI is InChI=1S/C21H17F3N6O4/c1-29-18(20(32)34-3)15(10-25-29)27-19(31)14-9-17-26-13(11-4-6-12(33-2)7-5-11)8-16(21(22,23)24)30(17)28-14/h4-10H,1-3H3,(H,27,31). The van der Waals surface area contributed by atoms with Gasteiger partial charge in [-0.2, -0.15) is 23.4 Å². The maximum absolute atomic E-state index is 13.8. The van der Waals surface area contributed by atoms with Crippen molar-refractivity contribution in [2.45, 2.75) is 6.18 Å². The molecule has 1 N–H and O–H groups in total. The molecule has 0 aliphatic rings. The van der Waals surface area contributed by atoms with Crippen LogP contribution in [0.2, 0.25) is 0 Å². The molecule has 34 heavy (non-hydrogen) atoms. The fraction of sp³-hybridized carbons (Fsp3) is 0.190. The first kappa shape index (κ1) is 22.8. The van der Waals surface area contributed by atoms with E-state index < -0.39 is 23.7 Å². The maximum atomic E-state index is 13.8. The van der Waals surface area contributed by atoms with Crippen molar-refractivity contribution in [3.8, 4) is 17.0 Å². The molecule has 0 atom stereocenters. The molecule has 13 heteroatoms. The van der Waals surface area contributed by atoms with Gasteiger partial charge < -0.3 is 14.8 Å². The van der Waals surface area contributed by atoms with E-state index in [2.05, 4.69) is 25.2 Å². The van der Waals surface area contributed by atoms with Gasteiger partial charge in [0.05, 0.1) is 31.8 Å². The predicted molar refractivity (Wildman–Crippen MR) is 112 cm³/mol. The molecule has 0 unspecified atom stereocenters. The van der Waals surface area contributed by atoms with Crippen LogP contribution in [-0.2, 0) is 18.0 Å². The Kier molecular flexibility index (Phi) is 5.69. The van der Waals surface area contributed by atoms with Crippen molar-refractivity contribution in [2.24, 2.45) is 7.05 Å². The Balaban J connectivity index is 1.75. The van der Waals surface area contributed by atoms with Gasteiger partial charge in [0.2, 0.25) is 0 Å². The highest BCUT2D eigenvalue weighted by Gasteiger charge is 2.36. The number of fused-ring (bicyclic) bond motifs is 1. The zero-order chi connectivity index (χ0) is 24.6. The van der Waals surface area contributed by atoms with Crippen LogP contribution in [0.1, 0.15) is 26.7 Å². The molecule has 0 saturated carbocycles. The molecule has 1 amide bonds. The summed E-state index contributed by atoms with van der Waals surface area (Å²) < 4.78 is 52.9. The van der Waals surface area contributed by atoms with Gasteiger partial charge in [-0.1, -0.05) is 0 Å².